The number of methoxy groups -OCH3 is 2. The zero-order valence-electron chi connectivity index (χ0n) is 12.4. The summed E-state index contributed by atoms with van der Waals surface area (Å²) >= 11 is 3.76. The zero-order chi connectivity index (χ0) is 14.9. The number of halogens is 1. The molecule has 1 heterocycles. The number of alkyl halides is 1. The van der Waals surface area contributed by atoms with E-state index in [1.807, 2.05) is 26.0 Å². The van der Waals surface area contributed by atoms with Gasteiger partial charge in [0.15, 0.2) is 11.5 Å². The van der Waals surface area contributed by atoms with Crippen molar-refractivity contribution in [1.29, 1.82) is 0 Å². The first-order chi connectivity index (χ1) is 9.47. The van der Waals surface area contributed by atoms with Crippen molar-refractivity contribution in [3.05, 3.63) is 46.4 Å². The summed E-state index contributed by atoms with van der Waals surface area (Å²) in [4.78, 5) is 0.0692. The van der Waals surface area contributed by atoms with Crippen molar-refractivity contribution in [2.75, 3.05) is 14.2 Å². The van der Waals surface area contributed by atoms with Crippen LogP contribution in [0.2, 0.25) is 0 Å². The fourth-order valence-electron chi connectivity index (χ4n) is 2.34. The Kier molecular flexibility index (Phi) is 4.43. The van der Waals surface area contributed by atoms with Crippen LogP contribution >= 0.6 is 15.9 Å². The maximum atomic E-state index is 5.61. The standard InChI is InChI=1S/C16H19BrO3/c1-9-6-14(18-4)15(19-5)8-12(9)16(17)13-7-10(2)20-11(13)3/h6-8,16H,1-5H3. The molecule has 0 saturated carbocycles. The molecule has 0 aliphatic rings. The normalized spacial score (nSPS) is 12.3. The van der Waals surface area contributed by atoms with Crippen LogP contribution in [-0.4, -0.2) is 14.2 Å². The molecule has 20 heavy (non-hydrogen) atoms. The number of furan rings is 1. The van der Waals surface area contributed by atoms with E-state index in [0.29, 0.717) is 0 Å². The summed E-state index contributed by atoms with van der Waals surface area (Å²) in [7, 11) is 3.29. The average Bonchev–Trinajstić information content (AvgIpc) is 2.76. The number of benzene rings is 1. The van der Waals surface area contributed by atoms with Gasteiger partial charge in [-0.15, -0.1) is 0 Å². The molecule has 2 aromatic rings. The monoisotopic (exact) mass is 338 g/mol. The van der Waals surface area contributed by atoms with Gasteiger partial charge in [0.25, 0.3) is 0 Å². The molecule has 1 unspecified atom stereocenters. The number of hydrogen-bond donors (Lipinski definition) is 0. The summed E-state index contributed by atoms with van der Waals surface area (Å²) in [5.41, 5.74) is 3.42. The third-order valence-corrected chi connectivity index (χ3v) is 4.38. The van der Waals surface area contributed by atoms with Crippen LogP contribution in [0, 0.1) is 20.8 Å². The van der Waals surface area contributed by atoms with Crippen molar-refractivity contribution < 1.29 is 13.9 Å². The third-order valence-electron chi connectivity index (χ3n) is 3.40. The molecule has 0 bridgehead atoms. The van der Waals surface area contributed by atoms with Crippen LogP contribution in [0.5, 0.6) is 11.5 Å². The minimum absolute atomic E-state index is 0.0692. The molecule has 0 aliphatic carbocycles. The molecule has 0 amide bonds. The highest BCUT2D eigenvalue weighted by Crippen LogP contribution is 2.40. The maximum absolute atomic E-state index is 5.61. The van der Waals surface area contributed by atoms with Gasteiger partial charge in [-0.25, -0.2) is 0 Å². The van der Waals surface area contributed by atoms with Gasteiger partial charge in [-0.3, -0.25) is 0 Å². The largest absolute Gasteiger partial charge is 0.493 e. The number of aryl methyl sites for hydroxylation is 3. The van der Waals surface area contributed by atoms with E-state index in [1.165, 1.54) is 0 Å². The highest BCUT2D eigenvalue weighted by atomic mass is 79.9. The molecular formula is C16H19BrO3. The molecule has 1 atom stereocenters. The lowest BCUT2D eigenvalue weighted by molar-refractivity contribution is 0.354. The van der Waals surface area contributed by atoms with Gasteiger partial charge in [0, 0.05) is 5.56 Å². The van der Waals surface area contributed by atoms with Gasteiger partial charge in [0.2, 0.25) is 0 Å². The molecule has 2 rings (SSSR count). The second-order valence-electron chi connectivity index (χ2n) is 4.79. The first kappa shape index (κ1) is 15.0. The van der Waals surface area contributed by atoms with Gasteiger partial charge in [-0.1, -0.05) is 15.9 Å². The Balaban J connectivity index is 2.49. The first-order valence-corrected chi connectivity index (χ1v) is 7.33. The van der Waals surface area contributed by atoms with Crippen molar-refractivity contribution in [1.82, 2.24) is 0 Å². The number of rotatable bonds is 4. The van der Waals surface area contributed by atoms with Crippen molar-refractivity contribution in [2.45, 2.75) is 25.6 Å². The molecular weight excluding hydrogens is 320 g/mol. The van der Waals surface area contributed by atoms with Crippen LogP contribution in [0.25, 0.3) is 0 Å². The van der Waals surface area contributed by atoms with Crippen LogP contribution in [-0.2, 0) is 0 Å². The predicted octanol–water partition coefficient (Wildman–Crippen LogP) is 4.71. The fraction of sp³-hybridized carbons (Fsp3) is 0.375. The van der Waals surface area contributed by atoms with Crippen LogP contribution in [0.1, 0.15) is 33.0 Å². The lowest BCUT2D eigenvalue weighted by Gasteiger charge is -2.16. The molecule has 0 spiro atoms. The molecule has 0 fully saturated rings. The van der Waals surface area contributed by atoms with E-state index < -0.39 is 0 Å². The summed E-state index contributed by atoms with van der Waals surface area (Å²) in [5.74, 6) is 3.32. The Morgan fingerprint density at radius 1 is 0.950 bits per heavy atom. The minimum atomic E-state index is 0.0692. The van der Waals surface area contributed by atoms with Crippen molar-refractivity contribution in [2.24, 2.45) is 0 Å². The van der Waals surface area contributed by atoms with E-state index in [0.717, 1.165) is 39.7 Å². The SMILES string of the molecule is COc1cc(C)c(C(Br)c2cc(C)oc2C)cc1OC. The second-order valence-corrected chi connectivity index (χ2v) is 5.71. The Morgan fingerprint density at radius 2 is 1.55 bits per heavy atom. The van der Waals surface area contributed by atoms with Gasteiger partial charge >= 0.3 is 0 Å². The predicted molar refractivity (Wildman–Crippen MR) is 83.2 cm³/mol. The Bertz CT molecular complexity index is 616. The Labute approximate surface area is 128 Å². The van der Waals surface area contributed by atoms with Crippen LogP contribution < -0.4 is 9.47 Å². The van der Waals surface area contributed by atoms with Gasteiger partial charge in [-0.05, 0) is 50.1 Å². The maximum Gasteiger partial charge on any atom is 0.161 e. The summed E-state index contributed by atoms with van der Waals surface area (Å²) in [6, 6.07) is 6.06. The van der Waals surface area contributed by atoms with Crippen LogP contribution in [0.4, 0.5) is 0 Å². The van der Waals surface area contributed by atoms with Gasteiger partial charge in [0.05, 0.1) is 19.0 Å². The average molecular weight is 339 g/mol. The molecule has 108 valence electrons. The van der Waals surface area contributed by atoms with Gasteiger partial charge in [-0.2, -0.15) is 0 Å². The second kappa shape index (κ2) is 5.92. The third kappa shape index (κ3) is 2.70. The molecule has 1 aromatic carbocycles. The molecule has 1 aromatic heterocycles. The number of hydrogen-bond acceptors (Lipinski definition) is 3. The van der Waals surface area contributed by atoms with Crippen molar-refractivity contribution in [3.63, 3.8) is 0 Å². The minimum Gasteiger partial charge on any atom is -0.493 e. The van der Waals surface area contributed by atoms with Crippen LogP contribution in [0.15, 0.2) is 22.6 Å². The van der Waals surface area contributed by atoms with Gasteiger partial charge < -0.3 is 13.9 Å². The molecule has 3 nitrogen and oxygen atoms in total. The smallest absolute Gasteiger partial charge is 0.161 e. The van der Waals surface area contributed by atoms with Crippen molar-refractivity contribution in [3.8, 4) is 11.5 Å². The molecule has 0 N–H and O–H groups in total. The quantitative estimate of drug-likeness (QED) is 0.756. The number of ether oxygens (including phenoxy) is 2. The lowest BCUT2D eigenvalue weighted by atomic mass is 10.00. The van der Waals surface area contributed by atoms with Crippen molar-refractivity contribution >= 4 is 15.9 Å². The first-order valence-electron chi connectivity index (χ1n) is 6.41. The molecule has 0 saturated heterocycles. The summed E-state index contributed by atoms with van der Waals surface area (Å²) in [6.07, 6.45) is 0. The topological polar surface area (TPSA) is 31.6 Å². The molecule has 0 radical (unpaired) electrons. The Hall–Kier alpha value is -1.42. The van der Waals surface area contributed by atoms with E-state index in [-0.39, 0.29) is 4.83 Å². The van der Waals surface area contributed by atoms with E-state index in [4.69, 9.17) is 13.9 Å². The fourth-order valence-corrected chi connectivity index (χ4v) is 3.29. The van der Waals surface area contributed by atoms with E-state index >= 15 is 0 Å². The highest BCUT2D eigenvalue weighted by molar-refractivity contribution is 9.09. The summed E-state index contributed by atoms with van der Waals surface area (Å²) < 4.78 is 16.3. The molecule has 0 aliphatic heterocycles. The van der Waals surface area contributed by atoms with E-state index in [9.17, 15) is 0 Å². The highest BCUT2D eigenvalue weighted by Gasteiger charge is 2.20. The Morgan fingerprint density at radius 3 is 2.05 bits per heavy atom. The van der Waals surface area contributed by atoms with Gasteiger partial charge in [0.1, 0.15) is 11.5 Å². The van der Waals surface area contributed by atoms with E-state index in [1.54, 1.807) is 14.2 Å². The zero-order valence-corrected chi connectivity index (χ0v) is 14.0. The van der Waals surface area contributed by atoms with E-state index in [2.05, 4.69) is 28.9 Å². The summed E-state index contributed by atoms with van der Waals surface area (Å²) in [6.45, 7) is 6.00. The summed E-state index contributed by atoms with van der Waals surface area (Å²) in [5, 5.41) is 0. The molecule has 4 heteroatoms. The lowest BCUT2D eigenvalue weighted by Crippen LogP contribution is -1.99. The van der Waals surface area contributed by atoms with Crippen LogP contribution in [0.3, 0.4) is 0 Å².